The number of hydrogen-bond donors (Lipinski definition) is 1. The van der Waals surface area contributed by atoms with Gasteiger partial charge in [0.15, 0.2) is 0 Å². The second-order valence-corrected chi connectivity index (χ2v) is 12.1. The third kappa shape index (κ3) is 3.57. The van der Waals surface area contributed by atoms with E-state index >= 15 is 0 Å². The Hall–Kier alpha value is -2.53. The second kappa shape index (κ2) is 7.99. The van der Waals surface area contributed by atoms with Gasteiger partial charge in [0.05, 0.1) is 10.3 Å². The predicted molar refractivity (Wildman–Crippen MR) is 147 cm³/mol. The van der Waals surface area contributed by atoms with E-state index in [9.17, 15) is 5.11 Å². The van der Waals surface area contributed by atoms with Gasteiger partial charge in [-0.2, -0.15) is 0 Å². The molecule has 1 fully saturated rings. The molecule has 0 bridgehead atoms. The molecule has 0 radical (unpaired) electrons. The number of anilines is 2. The molecule has 1 saturated carbocycles. The lowest BCUT2D eigenvalue weighted by atomic mass is 9.90. The van der Waals surface area contributed by atoms with Crippen LogP contribution in [0, 0.1) is 5.92 Å². The van der Waals surface area contributed by atoms with Crippen molar-refractivity contribution in [1.29, 1.82) is 0 Å². The van der Waals surface area contributed by atoms with Gasteiger partial charge < -0.3 is 14.2 Å². The fraction of sp³-hybridized carbons (Fsp3) is 0.355. The SMILES string of the molecule is CC(C)(O)C(C)(C)OSC12C=CC=C3C1C2c1cc(C2=CCCC=C2)ccc1N3c1ccccc1. The van der Waals surface area contributed by atoms with E-state index in [4.69, 9.17) is 4.18 Å². The Morgan fingerprint density at radius 3 is 2.54 bits per heavy atom. The minimum Gasteiger partial charge on any atom is -0.387 e. The van der Waals surface area contributed by atoms with Crippen LogP contribution in [-0.4, -0.2) is 21.1 Å². The molecule has 4 heteroatoms. The van der Waals surface area contributed by atoms with Crippen LogP contribution in [0.5, 0.6) is 0 Å². The fourth-order valence-corrected chi connectivity index (χ4v) is 6.81. The van der Waals surface area contributed by atoms with Crippen molar-refractivity contribution >= 4 is 29.0 Å². The Bertz CT molecular complexity index is 1280. The van der Waals surface area contributed by atoms with Gasteiger partial charge in [-0.25, -0.2) is 0 Å². The molecule has 1 heterocycles. The molecule has 3 atom stereocenters. The summed E-state index contributed by atoms with van der Waals surface area (Å²) in [5.41, 5.74) is 6.08. The van der Waals surface area contributed by atoms with Crippen LogP contribution in [-0.2, 0) is 4.18 Å². The number of hydrogen-bond acceptors (Lipinski definition) is 4. The van der Waals surface area contributed by atoms with Gasteiger partial charge in [-0.05, 0) is 87.6 Å². The number of allylic oxidation sites excluding steroid dienone is 7. The lowest BCUT2D eigenvalue weighted by Crippen LogP contribution is -2.46. The van der Waals surface area contributed by atoms with Crippen LogP contribution in [0.2, 0.25) is 0 Å². The summed E-state index contributed by atoms with van der Waals surface area (Å²) in [6, 6.07) is 17.6. The number of nitrogens with zero attached hydrogens (tertiary/aromatic N) is 1. The summed E-state index contributed by atoms with van der Waals surface area (Å²) < 4.78 is 6.26. The van der Waals surface area contributed by atoms with Crippen LogP contribution in [0.4, 0.5) is 11.4 Å². The zero-order valence-corrected chi connectivity index (χ0v) is 21.7. The third-order valence-corrected chi connectivity index (χ3v) is 9.64. The number of rotatable bonds is 6. The van der Waals surface area contributed by atoms with Crippen molar-refractivity contribution in [3.63, 3.8) is 0 Å². The minimum atomic E-state index is -0.950. The van der Waals surface area contributed by atoms with E-state index in [1.807, 2.05) is 27.7 Å². The standard InChI is InChI=1S/C31H33NO2S/c1-29(2,33)30(3,4)34-35-31-19-11-16-26-28(31)27(31)24-20-22(21-12-7-5-8-13-21)17-18-25(24)32(26)23-14-9-6-10-15-23/h6-7,9-20,27-28,33H,5,8H2,1-4H3. The van der Waals surface area contributed by atoms with E-state index in [-0.39, 0.29) is 4.75 Å². The zero-order valence-electron chi connectivity index (χ0n) is 20.9. The molecule has 3 nitrogen and oxygen atoms in total. The number of para-hydroxylation sites is 1. The van der Waals surface area contributed by atoms with Crippen LogP contribution in [0.1, 0.15) is 57.6 Å². The molecule has 2 aromatic rings. The maximum Gasteiger partial charge on any atom is 0.105 e. The molecule has 6 rings (SSSR count). The molecule has 3 aliphatic carbocycles. The Morgan fingerprint density at radius 1 is 1.03 bits per heavy atom. The normalized spacial score (nSPS) is 26.6. The molecule has 0 saturated heterocycles. The lowest BCUT2D eigenvalue weighted by molar-refractivity contribution is -0.0817. The summed E-state index contributed by atoms with van der Waals surface area (Å²) in [4.78, 5) is 2.43. The topological polar surface area (TPSA) is 32.7 Å². The summed E-state index contributed by atoms with van der Waals surface area (Å²) in [5, 5.41) is 10.7. The van der Waals surface area contributed by atoms with E-state index in [2.05, 4.69) is 89.9 Å². The molecular weight excluding hydrogens is 450 g/mol. The van der Waals surface area contributed by atoms with Gasteiger partial charge in [0.1, 0.15) is 5.60 Å². The predicted octanol–water partition coefficient (Wildman–Crippen LogP) is 7.69. The first-order valence-corrected chi connectivity index (χ1v) is 13.3. The van der Waals surface area contributed by atoms with E-state index in [0.717, 1.165) is 12.8 Å². The smallest absolute Gasteiger partial charge is 0.105 e. The molecule has 4 aliphatic rings. The Morgan fingerprint density at radius 2 is 1.83 bits per heavy atom. The summed E-state index contributed by atoms with van der Waals surface area (Å²) in [5.74, 6) is 0.659. The van der Waals surface area contributed by atoms with Crippen molar-refractivity contribution in [2.45, 2.75) is 62.4 Å². The van der Waals surface area contributed by atoms with Gasteiger partial charge in [-0.15, -0.1) is 0 Å². The van der Waals surface area contributed by atoms with E-state index in [0.29, 0.717) is 11.8 Å². The summed E-state index contributed by atoms with van der Waals surface area (Å²) in [6.45, 7) is 7.57. The molecule has 1 aliphatic heterocycles. The highest BCUT2D eigenvalue weighted by Gasteiger charge is 2.71. The van der Waals surface area contributed by atoms with Crippen molar-refractivity contribution in [2.75, 3.05) is 4.90 Å². The Balaban J connectivity index is 1.45. The van der Waals surface area contributed by atoms with Gasteiger partial charge >= 0.3 is 0 Å². The van der Waals surface area contributed by atoms with Gasteiger partial charge in [0.25, 0.3) is 0 Å². The van der Waals surface area contributed by atoms with Crippen LogP contribution < -0.4 is 4.90 Å². The molecule has 3 unspecified atom stereocenters. The molecule has 2 aromatic carbocycles. The number of aliphatic hydroxyl groups is 1. The number of benzene rings is 2. The van der Waals surface area contributed by atoms with Crippen LogP contribution in [0.25, 0.3) is 5.57 Å². The third-order valence-electron chi connectivity index (χ3n) is 8.21. The maximum absolute atomic E-state index is 10.7. The molecule has 180 valence electrons. The molecule has 1 N–H and O–H groups in total. The van der Waals surface area contributed by atoms with Crippen molar-refractivity contribution in [3.8, 4) is 0 Å². The van der Waals surface area contributed by atoms with Crippen molar-refractivity contribution in [2.24, 2.45) is 5.92 Å². The van der Waals surface area contributed by atoms with Gasteiger partial charge in [-0.1, -0.05) is 54.6 Å². The zero-order chi connectivity index (χ0) is 24.4. The van der Waals surface area contributed by atoms with Gasteiger partial charge in [0.2, 0.25) is 0 Å². The lowest BCUT2D eigenvalue weighted by Gasteiger charge is -2.37. The number of fused-ring (bicyclic) bond motifs is 3. The Labute approximate surface area is 213 Å². The summed E-state index contributed by atoms with van der Waals surface area (Å²) in [6.07, 6.45) is 15.9. The molecule has 0 spiro atoms. The van der Waals surface area contributed by atoms with E-state index in [1.54, 1.807) is 12.0 Å². The first kappa shape index (κ1) is 22.9. The van der Waals surface area contributed by atoms with E-state index in [1.165, 1.54) is 33.8 Å². The van der Waals surface area contributed by atoms with Crippen molar-refractivity contribution in [1.82, 2.24) is 0 Å². The summed E-state index contributed by atoms with van der Waals surface area (Å²) in [7, 11) is 0. The average molecular weight is 484 g/mol. The highest BCUT2D eigenvalue weighted by atomic mass is 32.2. The highest BCUT2D eigenvalue weighted by molar-refractivity contribution is 7.96. The van der Waals surface area contributed by atoms with Crippen molar-refractivity contribution in [3.05, 3.63) is 102 Å². The first-order valence-electron chi connectivity index (χ1n) is 12.6. The molecule has 0 amide bonds. The van der Waals surface area contributed by atoms with Crippen LogP contribution in [0.15, 0.2) is 90.7 Å². The second-order valence-electron chi connectivity index (χ2n) is 11.1. The van der Waals surface area contributed by atoms with Crippen LogP contribution >= 0.6 is 12.0 Å². The Kier molecular flexibility index (Phi) is 5.23. The molecular formula is C31H33NO2S. The van der Waals surface area contributed by atoms with E-state index < -0.39 is 11.2 Å². The van der Waals surface area contributed by atoms with Gasteiger partial charge in [-0.3, -0.25) is 0 Å². The molecule has 35 heavy (non-hydrogen) atoms. The summed E-state index contributed by atoms with van der Waals surface area (Å²) >= 11 is 1.54. The molecule has 0 aromatic heterocycles. The maximum atomic E-state index is 10.7. The highest BCUT2D eigenvalue weighted by Crippen LogP contribution is 2.75. The average Bonchev–Trinajstić information content (AvgIpc) is 3.54. The fourth-order valence-electron chi connectivity index (χ4n) is 5.46. The first-order chi connectivity index (χ1) is 16.7. The minimum absolute atomic E-state index is 0.180. The van der Waals surface area contributed by atoms with Crippen molar-refractivity contribution < 1.29 is 9.29 Å². The van der Waals surface area contributed by atoms with Crippen LogP contribution in [0.3, 0.4) is 0 Å². The monoisotopic (exact) mass is 483 g/mol. The van der Waals surface area contributed by atoms with Gasteiger partial charge in [0, 0.05) is 41.0 Å². The quantitative estimate of drug-likeness (QED) is 0.427. The largest absolute Gasteiger partial charge is 0.387 e.